The Labute approximate surface area is 106 Å². The van der Waals surface area contributed by atoms with E-state index in [1.54, 1.807) is 0 Å². The molecule has 0 amide bonds. The van der Waals surface area contributed by atoms with Gasteiger partial charge in [-0.05, 0) is 25.2 Å². The topological polar surface area (TPSA) is 70.1 Å². The van der Waals surface area contributed by atoms with Crippen LogP contribution >= 0.6 is 0 Å². The highest BCUT2D eigenvalue weighted by Gasteiger charge is 2.27. The van der Waals surface area contributed by atoms with E-state index in [-0.39, 0.29) is 11.9 Å². The maximum Gasteiger partial charge on any atom is 0.224 e. The van der Waals surface area contributed by atoms with Crippen molar-refractivity contribution in [2.24, 2.45) is 5.92 Å². The lowest BCUT2D eigenvalue weighted by molar-refractivity contribution is 0.0486. The standard InChI is InChI=1S/C12H19FN4O/c1-2-3-14-12-16-7-10(13)11(17-12)15-6-8-4-9(18)5-8/h7-9,18H,2-6H2,1H3,(H2,14,15,16,17). The van der Waals surface area contributed by atoms with E-state index in [1.807, 2.05) is 6.92 Å². The first-order valence-electron chi connectivity index (χ1n) is 6.37. The Morgan fingerprint density at radius 3 is 2.89 bits per heavy atom. The summed E-state index contributed by atoms with van der Waals surface area (Å²) in [6, 6.07) is 0. The lowest BCUT2D eigenvalue weighted by atomic mass is 9.82. The number of aromatic nitrogens is 2. The van der Waals surface area contributed by atoms with Crippen LogP contribution < -0.4 is 10.6 Å². The van der Waals surface area contributed by atoms with Gasteiger partial charge in [0.15, 0.2) is 11.6 Å². The second kappa shape index (κ2) is 5.95. The van der Waals surface area contributed by atoms with Gasteiger partial charge in [0.2, 0.25) is 5.95 Å². The molecule has 1 aliphatic carbocycles. The number of nitrogens with one attached hydrogen (secondary N) is 2. The van der Waals surface area contributed by atoms with Crippen LogP contribution in [0.1, 0.15) is 26.2 Å². The summed E-state index contributed by atoms with van der Waals surface area (Å²) in [5.41, 5.74) is 0. The van der Waals surface area contributed by atoms with E-state index in [1.165, 1.54) is 6.20 Å². The summed E-state index contributed by atoms with van der Waals surface area (Å²) in [4.78, 5) is 7.96. The SMILES string of the molecule is CCCNc1ncc(F)c(NCC2CC(O)C2)n1. The fourth-order valence-corrected chi connectivity index (χ4v) is 1.92. The summed E-state index contributed by atoms with van der Waals surface area (Å²) >= 11 is 0. The van der Waals surface area contributed by atoms with E-state index in [9.17, 15) is 9.50 Å². The molecule has 0 atom stereocenters. The van der Waals surface area contributed by atoms with Crippen LogP contribution in [0.15, 0.2) is 6.20 Å². The van der Waals surface area contributed by atoms with Gasteiger partial charge in [0.25, 0.3) is 0 Å². The first-order valence-corrected chi connectivity index (χ1v) is 6.37. The fraction of sp³-hybridized carbons (Fsp3) is 0.667. The van der Waals surface area contributed by atoms with Crippen molar-refractivity contribution in [3.63, 3.8) is 0 Å². The van der Waals surface area contributed by atoms with E-state index in [0.717, 1.165) is 25.8 Å². The molecule has 1 saturated carbocycles. The Kier molecular flexibility index (Phi) is 4.30. The van der Waals surface area contributed by atoms with Crippen LogP contribution in [0.4, 0.5) is 16.2 Å². The van der Waals surface area contributed by atoms with Gasteiger partial charge in [-0.2, -0.15) is 4.98 Å². The van der Waals surface area contributed by atoms with Crippen LogP contribution in [0, 0.1) is 11.7 Å². The number of hydrogen-bond donors (Lipinski definition) is 3. The highest BCUT2D eigenvalue weighted by molar-refractivity contribution is 5.41. The Morgan fingerprint density at radius 1 is 1.44 bits per heavy atom. The quantitative estimate of drug-likeness (QED) is 0.719. The molecule has 1 aliphatic rings. The number of rotatable bonds is 6. The van der Waals surface area contributed by atoms with Crippen LogP contribution in [0.5, 0.6) is 0 Å². The first kappa shape index (κ1) is 13.0. The van der Waals surface area contributed by atoms with Crippen molar-refractivity contribution in [1.29, 1.82) is 0 Å². The molecular formula is C12H19FN4O. The smallest absolute Gasteiger partial charge is 0.224 e. The van der Waals surface area contributed by atoms with Gasteiger partial charge < -0.3 is 15.7 Å². The van der Waals surface area contributed by atoms with Crippen molar-refractivity contribution in [3.05, 3.63) is 12.0 Å². The van der Waals surface area contributed by atoms with Crippen molar-refractivity contribution in [3.8, 4) is 0 Å². The molecule has 0 spiro atoms. The van der Waals surface area contributed by atoms with Gasteiger partial charge in [0.1, 0.15) is 0 Å². The van der Waals surface area contributed by atoms with Gasteiger partial charge in [-0.25, -0.2) is 9.37 Å². The van der Waals surface area contributed by atoms with Crippen LogP contribution in [-0.4, -0.2) is 34.3 Å². The zero-order valence-corrected chi connectivity index (χ0v) is 10.5. The molecule has 0 radical (unpaired) electrons. The van der Waals surface area contributed by atoms with Crippen molar-refractivity contribution >= 4 is 11.8 Å². The maximum absolute atomic E-state index is 13.5. The predicted molar refractivity (Wildman–Crippen MR) is 68.0 cm³/mol. The fourth-order valence-electron chi connectivity index (χ4n) is 1.92. The average molecular weight is 254 g/mol. The van der Waals surface area contributed by atoms with Gasteiger partial charge in [-0.15, -0.1) is 0 Å². The Bertz CT molecular complexity index is 396. The summed E-state index contributed by atoms with van der Waals surface area (Å²) in [5.74, 6) is 0.623. The number of aliphatic hydroxyl groups is 1. The molecule has 0 aromatic carbocycles. The van der Waals surface area contributed by atoms with Gasteiger partial charge in [0.05, 0.1) is 12.3 Å². The minimum absolute atomic E-state index is 0.186. The highest BCUT2D eigenvalue weighted by Crippen LogP contribution is 2.27. The van der Waals surface area contributed by atoms with Crippen molar-refractivity contribution in [2.75, 3.05) is 23.7 Å². The number of anilines is 2. The van der Waals surface area contributed by atoms with Crippen molar-refractivity contribution < 1.29 is 9.50 Å². The molecule has 6 heteroatoms. The summed E-state index contributed by atoms with van der Waals surface area (Å²) < 4.78 is 13.5. The third-order valence-electron chi connectivity index (χ3n) is 3.05. The van der Waals surface area contributed by atoms with Crippen molar-refractivity contribution in [2.45, 2.75) is 32.3 Å². The summed E-state index contributed by atoms with van der Waals surface area (Å²) in [7, 11) is 0. The molecule has 3 N–H and O–H groups in total. The van der Waals surface area contributed by atoms with Gasteiger partial charge in [-0.1, -0.05) is 6.92 Å². The molecule has 1 heterocycles. The van der Waals surface area contributed by atoms with E-state index < -0.39 is 5.82 Å². The second-order valence-corrected chi connectivity index (χ2v) is 4.69. The van der Waals surface area contributed by atoms with E-state index in [4.69, 9.17) is 0 Å². The molecule has 5 nitrogen and oxygen atoms in total. The molecule has 0 unspecified atom stereocenters. The monoisotopic (exact) mass is 254 g/mol. The first-order chi connectivity index (χ1) is 8.69. The zero-order valence-electron chi connectivity index (χ0n) is 10.5. The molecule has 1 aromatic heterocycles. The zero-order chi connectivity index (χ0) is 13.0. The largest absolute Gasteiger partial charge is 0.393 e. The van der Waals surface area contributed by atoms with Gasteiger partial charge >= 0.3 is 0 Å². The van der Waals surface area contributed by atoms with E-state index >= 15 is 0 Å². The second-order valence-electron chi connectivity index (χ2n) is 4.69. The number of nitrogens with zero attached hydrogens (tertiary/aromatic N) is 2. The number of halogens is 1. The summed E-state index contributed by atoms with van der Waals surface area (Å²) in [6.07, 6.45) is 3.50. The molecule has 0 saturated heterocycles. The summed E-state index contributed by atoms with van der Waals surface area (Å²) in [6.45, 7) is 3.44. The Morgan fingerprint density at radius 2 is 2.22 bits per heavy atom. The minimum Gasteiger partial charge on any atom is -0.393 e. The Hall–Kier alpha value is -1.43. The van der Waals surface area contributed by atoms with E-state index in [0.29, 0.717) is 18.4 Å². The lowest BCUT2D eigenvalue weighted by Crippen LogP contribution is -2.33. The average Bonchev–Trinajstić information content (AvgIpc) is 2.33. The predicted octanol–water partition coefficient (Wildman–Crippen LogP) is 1.62. The number of hydrogen-bond acceptors (Lipinski definition) is 5. The third kappa shape index (κ3) is 3.29. The third-order valence-corrected chi connectivity index (χ3v) is 3.05. The van der Waals surface area contributed by atoms with E-state index in [2.05, 4.69) is 20.6 Å². The van der Waals surface area contributed by atoms with Crippen LogP contribution in [0.3, 0.4) is 0 Å². The van der Waals surface area contributed by atoms with Gasteiger partial charge in [0, 0.05) is 13.1 Å². The molecule has 0 aliphatic heterocycles. The Balaban J connectivity index is 1.89. The van der Waals surface area contributed by atoms with Crippen LogP contribution in [-0.2, 0) is 0 Å². The molecule has 1 aromatic rings. The lowest BCUT2D eigenvalue weighted by Gasteiger charge is -2.31. The molecule has 100 valence electrons. The van der Waals surface area contributed by atoms with Crippen LogP contribution in [0.2, 0.25) is 0 Å². The molecule has 0 bridgehead atoms. The minimum atomic E-state index is -0.447. The normalized spacial score (nSPS) is 22.4. The number of aliphatic hydroxyl groups excluding tert-OH is 1. The molecular weight excluding hydrogens is 235 g/mol. The van der Waals surface area contributed by atoms with Gasteiger partial charge in [-0.3, -0.25) is 0 Å². The molecule has 2 rings (SSSR count). The van der Waals surface area contributed by atoms with Crippen LogP contribution in [0.25, 0.3) is 0 Å². The highest BCUT2D eigenvalue weighted by atomic mass is 19.1. The molecule has 18 heavy (non-hydrogen) atoms. The maximum atomic E-state index is 13.5. The molecule has 1 fully saturated rings. The van der Waals surface area contributed by atoms with Crippen molar-refractivity contribution in [1.82, 2.24) is 9.97 Å². The summed E-state index contributed by atoms with van der Waals surface area (Å²) in [5, 5.41) is 15.2.